The van der Waals surface area contributed by atoms with Crippen molar-refractivity contribution in [3.05, 3.63) is 59.8 Å². The summed E-state index contributed by atoms with van der Waals surface area (Å²) in [4.78, 5) is 24.1. The molecule has 146 valence electrons. The van der Waals surface area contributed by atoms with Gasteiger partial charge >= 0.3 is 0 Å². The van der Waals surface area contributed by atoms with Crippen LogP contribution in [0.2, 0.25) is 0 Å². The van der Waals surface area contributed by atoms with Crippen LogP contribution < -0.4 is 15.4 Å². The standard InChI is InChI=1S/C21H24N4O3/c1-15-6-4-7-16(14-15)28-13-5-10-19(26)22-11-12-23-21(27)20-17-8-2-3-9-18(17)24-25-20/h2-4,6-9,14H,5,10-13H2,1H3,(H,22,26)(H,23,27)(H,24,25). The van der Waals surface area contributed by atoms with E-state index in [0.29, 0.717) is 38.2 Å². The number of ether oxygens (including phenoxy) is 1. The third kappa shape index (κ3) is 5.33. The molecular formula is C21H24N4O3. The van der Waals surface area contributed by atoms with Gasteiger partial charge in [-0.1, -0.05) is 30.3 Å². The van der Waals surface area contributed by atoms with Crippen LogP contribution in [0.25, 0.3) is 10.9 Å². The van der Waals surface area contributed by atoms with Gasteiger partial charge < -0.3 is 15.4 Å². The number of amides is 2. The average molecular weight is 380 g/mol. The number of nitrogens with one attached hydrogen (secondary N) is 3. The summed E-state index contributed by atoms with van der Waals surface area (Å²) >= 11 is 0. The first-order valence-electron chi connectivity index (χ1n) is 9.31. The van der Waals surface area contributed by atoms with Crippen LogP contribution in [-0.2, 0) is 4.79 Å². The molecule has 0 spiro atoms. The minimum Gasteiger partial charge on any atom is -0.494 e. The lowest BCUT2D eigenvalue weighted by atomic mass is 10.2. The minimum absolute atomic E-state index is 0.0627. The van der Waals surface area contributed by atoms with E-state index in [0.717, 1.165) is 22.2 Å². The lowest BCUT2D eigenvalue weighted by Crippen LogP contribution is -2.34. The zero-order chi connectivity index (χ0) is 19.8. The number of hydrogen-bond acceptors (Lipinski definition) is 4. The van der Waals surface area contributed by atoms with Crippen molar-refractivity contribution in [1.29, 1.82) is 0 Å². The van der Waals surface area contributed by atoms with Gasteiger partial charge in [-0.05, 0) is 37.1 Å². The maximum Gasteiger partial charge on any atom is 0.272 e. The Balaban J connectivity index is 1.30. The highest BCUT2D eigenvalue weighted by atomic mass is 16.5. The van der Waals surface area contributed by atoms with Gasteiger partial charge in [0.05, 0.1) is 12.1 Å². The Morgan fingerprint density at radius 2 is 1.89 bits per heavy atom. The van der Waals surface area contributed by atoms with Crippen molar-refractivity contribution in [3.63, 3.8) is 0 Å². The molecule has 0 aliphatic heterocycles. The van der Waals surface area contributed by atoms with Gasteiger partial charge in [-0.15, -0.1) is 0 Å². The number of carbonyl (C=O) groups is 2. The third-order valence-corrected chi connectivity index (χ3v) is 4.22. The zero-order valence-electron chi connectivity index (χ0n) is 15.8. The molecule has 2 amide bonds. The first-order valence-corrected chi connectivity index (χ1v) is 9.31. The number of para-hydroxylation sites is 1. The van der Waals surface area contributed by atoms with E-state index in [9.17, 15) is 9.59 Å². The summed E-state index contributed by atoms with van der Waals surface area (Å²) in [5.41, 5.74) is 2.31. The molecule has 0 saturated carbocycles. The van der Waals surface area contributed by atoms with Crippen LogP contribution in [-0.4, -0.2) is 41.7 Å². The number of carbonyl (C=O) groups excluding carboxylic acids is 2. The second-order valence-corrected chi connectivity index (χ2v) is 6.49. The number of fused-ring (bicyclic) bond motifs is 1. The Bertz CT molecular complexity index is 951. The van der Waals surface area contributed by atoms with Gasteiger partial charge in [-0.2, -0.15) is 5.10 Å². The maximum absolute atomic E-state index is 12.2. The quantitative estimate of drug-likeness (QED) is 0.497. The molecule has 7 heteroatoms. The normalized spacial score (nSPS) is 10.6. The molecule has 0 radical (unpaired) electrons. The lowest BCUT2D eigenvalue weighted by Gasteiger charge is -2.08. The fourth-order valence-corrected chi connectivity index (χ4v) is 2.81. The Kier molecular flexibility index (Phi) is 6.62. The molecule has 0 fully saturated rings. The molecule has 2 aromatic carbocycles. The number of rotatable bonds is 9. The van der Waals surface area contributed by atoms with Crippen molar-refractivity contribution in [3.8, 4) is 5.75 Å². The number of H-pyrrole nitrogens is 1. The first kappa shape index (κ1) is 19.4. The third-order valence-electron chi connectivity index (χ3n) is 4.22. The molecule has 3 rings (SSSR count). The molecular weight excluding hydrogens is 356 g/mol. The van der Waals surface area contributed by atoms with Crippen molar-refractivity contribution in [1.82, 2.24) is 20.8 Å². The van der Waals surface area contributed by atoms with Crippen LogP contribution in [0.4, 0.5) is 0 Å². The van der Waals surface area contributed by atoms with E-state index in [4.69, 9.17) is 4.74 Å². The summed E-state index contributed by atoms with van der Waals surface area (Å²) < 4.78 is 5.62. The summed E-state index contributed by atoms with van der Waals surface area (Å²) in [5.74, 6) is 0.486. The number of benzene rings is 2. The highest BCUT2D eigenvalue weighted by Gasteiger charge is 2.13. The molecule has 3 aromatic rings. The summed E-state index contributed by atoms with van der Waals surface area (Å²) in [7, 11) is 0. The number of aromatic amines is 1. The monoisotopic (exact) mass is 380 g/mol. The zero-order valence-corrected chi connectivity index (χ0v) is 15.8. The van der Waals surface area contributed by atoms with Crippen LogP contribution >= 0.6 is 0 Å². The predicted molar refractivity (Wildman–Crippen MR) is 107 cm³/mol. The highest BCUT2D eigenvalue weighted by Crippen LogP contribution is 2.14. The van der Waals surface area contributed by atoms with Gasteiger partial charge in [0, 0.05) is 24.9 Å². The van der Waals surface area contributed by atoms with Crippen molar-refractivity contribution in [2.45, 2.75) is 19.8 Å². The van der Waals surface area contributed by atoms with E-state index in [-0.39, 0.29) is 11.8 Å². The second kappa shape index (κ2) is 9.55. The smallest absolute Gasteiger partial charge is 0.272 e. The summed E-state index contributed by atoms with van der Waals surface area (Å²) in [6.07, 6.45) is 1.01. The van der Waals surface area contributed by atoms with Crippen molar-refractivity contribution in [2.75, 3.05) is 19.7 Å². The van der Waals surface area contributed by atoms with Crippen molar-refractivity contribution < 1.29 is 14.3 Å². The van der Waals surface area contributed by atoms with Gasteiger partial charge in [0.15, 0.2) is 5.69 Å². The van der Waals surface area contributed by atoms with Crippen molar-refractivity contribution in [2.24, 2.45) is 0 Å². The topological polar surface area (TPSA) is 96.1 Å². The van der Waals surface area contributed by atoms with Crippen LogP contribution in [0, 0.1) is 6.92 Å². The van der Waals surface area contributed by atoms with E-state index in [1.165, 1.54) is 0 Å². The first-order chi connectivity index (χ1) is 13.6. The van der Waals surface area contributed by atoms with E-state index in [2.05, 4.69) is 20.8 Å². The van der Waals surface area contributed by atoms with Crippen LogP contribution in [0.1, 0.15) is 28.9 Å². The Labute approximate surface area is 163 Å². The van der Waals surface area contributed by atoms with E-state index >= 15 is 0 Å². The Hall–Kier alpha value is -3.35. The van der Waals surface area contributed by atoms with Gasteiger partial charge in [-0.25, -0.2) is 0 Å². The molecule has 0 bridgehead atoms. The van der Waals surface area contributed by atoms with Crippen LogP contribution in [0.3, 0.4) is 0 Å². The average Bonchev–Trinajstić information content (AvgIpc) is 3.13. The van der Waals surface area contributed by atoms with E-state index in [1.54, 1.807) is 0 Å². The summed E-state index contributed by atoms with van der Waals surface area (Å²) in [5, 5.41) is 13.2. The fourth-order valence-electron chi connectivity index (χ4n) is 2.81. The number of aromatic nitrogens is 2. The molecule has 0 aliphatic carbocycles. The minimum atomic E-state index is -0.266. The van der Waals surface area contributed by atoms with Crippen molar-refractivity contribution >= 4 is 22.7 Å². The molecule has 3 N–H and O–H groups in total. The van der Waals surface area contributed by atoms with Crippen LogP contribution in [0.5, 0.6) is 5.75 Å². The SMILES string of the molecule is Cc1cccc(OCCCC(=O)NCCNC(=O)c2n[nH]c3ccccc23)c1. The van der Waals surface area contributed by atoms with Gasteiger partial charge in [0.2, 0.25) is 5.91 Å². The molecule has 1 heterocycles. The fraction of sp³-hybridized carbons (Fsp3) is 0.286. The number of aryl methyl sites for hydroxylation is 1. The van der Waals surface area contributed by atoms with Gasteiger partial charge in [0.25, 0.3) is 5.91 Å². The maximum atomic E-state index is 12.2. The Morgan fingerprint density at radius 3 is 2.75 bits per heavy atom. The molecule has 0 aliphatic rings. The van der Waals surface area contributed by atoms with Gasteiger partial charge in [-0.3, -0.25) is 14.7 Å². The number of nitrogens with zero attached hydrogens (tertiary/aromatic N) is 1. The molecule has 28 heavy (non-hydrogen) atoms. The second-order valence-electron chi connectivity index (χ2n) is 6.49. The predicted octanol–water partition coefficient (Wildman–Crippen LogP) is 2.58. The summed E-state index contributed by atoms with van der Waals surface area (Å²) in [6.45, 7) is 3.20. The highest BCUT2D eigenvalue weighted by molar-refractivity contribution is 6.04. The molecule has 0 unspecified atom stereocenters. The molecule has 1 aromatic heterocycles. The van der Waals surface area contributed by atoms with Gasteiger partial charge in [0.1, 0.15) is 5.75 Å². The largest absolute Gasteiger partial charge is 0.494 e. The molecule has 0 atom stereocenters. The molecule has 0 saturated heterocycles. The van der Waals surface area contributed by atoms with Crippen LogP contribution in [0.15, 0.2) is 48.5 Å². The molecule has 7 nitrogen and oxygen atoms in total. The summed E-state index contributed by atoms with van der Waals surface area (Å²) in [6, 6.07) is 15.3. The Morgan fingerprint density at radius 1 is 1.07 bits per heavy atom. The number of hydrogen-bond donors (Lipinski definition) is 3. The van der Waals surface area contributed by atoms with E-state index in [1.807, 2.05) is 55.5 Å². The van der Waals surface area contributed by atoms with E-state index < -0.39 is 0 Å². The lowest BCUT2D eigenvalue weighted by molar-refractivity contribution is -0.121.